The van der Waals surface area contributed by atoms with E-state index in [9.17, 15) is 4.79 Å². The van der Waals surface area contributed by atoms with Gasteiger partial charge in [0.2, 0.25) is 5.78 Å². The molecule has 3 aromatic rings. The van der Waals surface area contributed by atoms with Gasteiger partial charge in [0.1, 0.15) is 5.82 Å². The molecule has 2 aromatic heterocycles. The van der Waals surface area contributed by atoms with Gasteiger partial charge in [0.25, 0.3) is 0 Å². The van der Waals surface area contributed by atoms with Crippen LogP contribution in [0.5, 0.6) is 0 Å². The summed E-state index contributed by atoms with van der Waals surface area (Å²) >= 11 is 1.47. The van der Waals surface area contributed by atoms with Gasteiger partial charge < -0.3 is 4.98 Å². The molecule has 0 saturated heterocycles. The molecule has 0 spiro atoms. The van der Waals surface area contributed by atoms with Gasteiger partial charge in [-0.1, -0.05) is 19.9 Å². The van der Waals surface area contributed by atoms with Crippen molar-refractivity contribution in [2.24, 2.45) is 0 Å². The van der Waals surface area contributed by atoms with Crippen LogP contribution in [0.3, 0.4) is 0 Å². The van der Waals surface area contributed by atoms with Crippen molar-refractivity contribution in [2.75, 3.05) is 0 Å². The van der Waals surface area contributed by atoms with E-state index in [1.165, 1.54) is 11.3 Å². The first-order valence-electron chi connectivity index (χ1n) is 6.23. The van der Waals surface area contributed by atoms with E-state index in [0.29, 0.717) is 11.5 Å². The molecule has 0 amide bonds. The maximum absolute atomic E-state index is 12.3. The van der Waals surface area contributed by atoms with E-state index in [4.69, 9.17) is 0 Å². The Bertz CT molecular complexity index is 726. The summed E-state index contributed by atoms with van der Waals surface area (Å²) in [7, 11) is 0. The first-order chi connectivity index (χ1) is 9.15. The minimum atomic E-state index is 0.0672. The van der Waals surface area contributed by atoms with E-state index < -0.39 is 0 Å². The number of aromatic nitrogens is 2. The van der Waals surface area contributed by atoms with Gasteiger partial charge in [-0.25, -0.2) is 4.98 Å². The number of fused-ring (bicyclic) bond motifs is 1. The molecule has 96 valence electrons. The van der Waals surface area contributed by atoms with Crippen molar-refractivity contribution in [1.29, 1.82) is 0 Å². The molecule has 0 atom stereocenters. The molecule has 0 radical (unpaired) electrons. The summed E-state index contributed by atoms with van der Waals surface area (Å²) < 4.78 is 0. The molecule has 3 rings (SSSR count). The summed E-state index contributed by atoms with van der Waals surface area (Å²) in [6.07, 6.45) is 0. The fraction of sp³-hybridized carbons (Fsp3) is 0.200. The van der Waals surface area contributed by atoms with E-state index in [1.54, 1.807) is 0 Å². The highest BCUT2D eigenvalue weighted by Gasteiger charge is 2.12. The van der Waals surface area contributed by atoms with Gasteiger partial charge >= 0.3 is 0 Å². The minimum absolute atomic E-state index is 0.0672. The molecular weight excluding hydrogens is 256 g/mol. The van der Waals surface area contributed by atoms with Gasteiger partial charge in [-0.3, -0.25) is 4.79 Å². The number of hydrogen-bond donors (Lipinski definition) is 1. The second-order valence-electron chi connectivity index (χ2n) is 4.82. The van der Waals surface area contributed by atoms with Gasteiger partial charge in [-0.2, -0.15) is 0 Å². The number of carbonyl (C=O) groups is 1. The van der Waals surface area contributed by atoms with Gasteiger partial charge in [-0.15, -0.1) is 11.3 Å². The van der Waals surface area contributed by atoms with E-state index in [-0.39, 0.29) is 5.78 Å². The number of thiophene rings is 1. The third-order valence-electron chi connectivity index (χ3n) is 3.05. The SMILES string of the molecule is CC(C)c1nc2ccc(C(=O)c3cccs3)cc2[nH]1. The molecular formula is C15H14N2OS. The van der Waals surface area contributed by atoms with Crippen LogP contribution in [0.4, 0.5) is 0 Å². The molecule has 0 saturated carbocycles. The van der Waals surface area contributed by atoms with Crippen molar-refractivity contribution in [3.05, 3.63) is 52.0 Å². The second-order valence-corrected chi connectivity index (χ2v) is 5.76. The number of carbonyl (C=O) groups excluding carboxylic acids is 1. The van der Waals surface area contributed by atoms with Crippen LogP contribution in [-0.4, -0.2) is 15.8 Å². The van der Waals surface area contributed by atoms with Crippen molar-refractivity contribution in [2.45, 2.75) is 19.8 Å². The summed E-state index contributed by atoms with van der Waals surface area (Å²) in [6, 6.07) is 9.37. The van der Waals surface area contributed by atoms with Crippen LogP contribution in [-0.2, 0) is 0 Å². The molecule has 2 heterocycles. The topological polar surface area (TPSA) is 45.8 Å². The molecule has 0 aliphatic heterocycles. The van der Waals surface area contributed by atoms with Crippen LogP contribution in [0.2, 0.25) is 0 Å². The molecule has 0 aliphatic rings. The largest absolute Gasteiger partial charge is 0.342 e. The third kappa shape index (κ3) is 2.19. The quantitative estimate of drug-likeness (QED) is 0.732. The second kappa shape index (κ2) is 4.63. The lowest BCUT2D eigenvalue weighted by Gasteiger charge is -1.98. The first-order valence-corrected chi connectivity index (χ1v) is 7.11. The van der Waals surface area contributed by atoms with Gasteiger partial charge in [0.05, 0.1) is 15.9 Å². The Kier molecular flexibility index (Phi) is 2.95. The zero-order valence-corrected chi connectivity index (χ0v) is 11.6. The highest BCUT2D eigenvalue weighted by molar-refractivity contribution is 7.12. The van der Waals surface area contributed by atoms with Crippen LogP contribution in [0.1, 0.15) is 40.8 Å². The van der Waals surface area contributed by atoms with E-state index in [2.05, 4.69) is 23.8 Å². The van der Waals surface area contributed by atoms with Crippen LogP contribution < -0.4 is 0 Å². The number of nitrogens with zero attached hydrogens (tertiary/aromatic N) is 1. The van der Waals surface area contributed by atoms with Crippen molar-refractivity contribution in [3.63, 3.8) is 0 Å². The molecule has 0 fully saturated rings. The molecule has 3 nitrogen and oxygen atoms in total. The number of ketones is 1. The number of nitrogens with one attached hydrogen (secondary N) is 1. The standard InChI is InChI=1S/C15H14N2OS/c1-9(2)15-16-11-6-5-10(8-12(11)17-15)14(18)13-4-3-7-19-13/h3-9H,1-2H3,(H,16,17). The maximum atomic E-state index is 12.3. The number of hydrogen-bond acceptors (Lipinski definition) is 3. The smallest absolute Gasteiger partial charge is 0.203 e. The third-order valence-corrected chi connectivity index (χ3v) is 3.92. The van der Waals surface area contributed by atoms with Crippen molar-refractivity contribution in [1.82, 2.24) is 9.97 Å². The zero-order chi connectivity index (χ0) is 13.4. The number of imidazole rings is 1. The molecule has 19 heavy (non-hydrogen) atoms. The fourth-order valence-corrected chi connectivity index (χ4v) is 2.68. The van der Waals surface area contributed by atoms with Crippen molar-refractivity contribution < 1.29 is 4.79 Å². The van der Waals surface area contributed by atoms with Crippen LogP contribution in [0.25, 0.3) is 11.0 Å². The molecule has 1 N–H and O–H groups in total. The van der Waals surface area contributed by atoms with E-state index >= 15 is 0 Å². The summed E-state index contributed by atoms with van der Waals surface area (Å²) in [5.41, 5.74) is 2.53. The summed E-state index contributed by atoms with van der Waals surface area (Å²) in [6.45, 7) is 4.19. The Morgan fingerprint density at radius 2 is 2.16 bits per heavy atom. The molecule has 4 heteroatoms. The Morgan fingerprint density at radius 1 is 1.32 bits per heavy atom. The fourth-order valence-electron chi connectivity index (χ4n) is 1.99. The predicted molar refractivity (Wildman–Crippen MR) is 77.9 cm³/mol. The number of benzene rings is 1. The lowest BCUT2D eigenvalue weighted by atomic mass is 10.1. The molecule has 0 unspecified atom stereocenters. The highest BCUT2D eigenvalue weighted by atomic mass is 32.1. The molecule has 1 aromatic carbocycles. The molecule has 0 aliphatic carbocycles. The average Bonchev–Trinajstić information content (AvgIpc) is 3.06. The van der Waals surface area contributed by atoms with Crippen LogP contribution in [0.15, 0.2) is 35.7 Å². The Labute approximate surface area is 115 Å². The van der Waals surface area contributed by atoms with Gasteiger partial charge in [-0.05, 0) is 29.6 Å². The Morgan fingerprint density at radius 3 is 2.84 bits per heavy atom. The van der Waals surface area contributed by atoms with Crippen LogP contribution in [0, 0.1) is 0 Å². The zero-order valence-electron chi connectivity index (χ0n) is 10.8. The van der Waals surface area contributed by atoms with Crippen LogP contribution >= 0.6 is 11.3 Å². The molecule has 0 bridgehead atoms. The number of aromatic amines is 1. The first kappa shape index (κ1) is 12.1. The van der Waals surface area contributed by atoms with Crippen molar-refractivity contribution in [3.8, 4) is 0 Å². The highest BCUT2D eigenvalue weighted by Crippen LogP contribution is 2.21. The Hall–Kier alpha value is -1.94. The number of rotatable bonds is 3. The predicted octanol–water partition coefficient (Wildman–Crippen LogP) is 3.98. The maximum Gasteiger partial charge on any atom is 0.203 e. The minimum Gasteiger partial charge on any atom is -0.342 e. The monoisotopic (exact) mass is 270 g/mol. The lowest BCUT2D eigenvalue weighted by Crippen LogP contribution is -1.97. The van der Waals surface area contributed by atoms with E-state index in [1.807, 2.05) is 35.7 Å². The summed E-state index contributed by atoms with van der Waals surface area (Å²) in [4.78, 5) is 20.8. The average molecular weight is 270 g/mol. The summed E-state index contributed by atoms with van der Waals surface area (Å²) in [5.74, 6) is 1.37. The summed E-state index contributed by atoms with van der Waals surface area (Å²) in [5, 5.41) is 1.92. The van der Waals surface area contributed by atoms with E-state index in [0.717, 1.165) is 21.7 Å². The van der Waals surface area contributed by atoms with Gasteiger partial charge in [0.15, 0.2) is 0 Å². The normalized spacial score (nSPS) is 11.3. The lowest BCUT2D eigenvalue weighted by molar-refractivity contribution is 0.104. The Balaban J connectivity index is 2.04. The number of H-pyrrole nitrogens is 1. The van der Waals surface area contributed by atoms with Crippen molar-refractivity contribution >= 4 is 28.2 Å². The van der Waals surface area contributed by atoms with Gasteiger partial charge in [0, 0.05) is 11.5 Å².